The van der Waals surface area contributed by atoms with Crippen molar-refractivity contribution in [2.45, 2.75) is 13.8 Å². The van der Waals surface area contributed by atoms with Crippen LogP contribution in [0.1, 0.15) is 32.0 Å². The molecule has 0 unspecified atom stereocenters. The summed E-state index contributed by atoms with van der Waals surface area (Å²) < 4.78 is 0. The van der Waals surface area contributed by atoms with Crippen LogP contribution in [0.2, 0.25) is 0 Å². The molecule has 1 amide bonds. The Balaban J connectivity index is 2.25. The fourth-order valence-corrected chi connectivity index (χ4v) is 1.69. The molecule has 0 aliphatic rings. The molecule has 2 rings (SSSR count). The van der Waals surface area contributed by atoms with Gasteiger partial charge >= 0.3 is 5.97 Å². The van der Waals surface area contributed by atoms with Gasteiger partial charge in [-0.3, -0.25) is 9.78 Å². The van der Waals surface area contributed by atoms with Crippen molar-refractivity contribution < 1.29 is 14.7 Å². The third kappa shape index (κ3) is 3.00. The van der Waals surface area contributed by atoms with E-state index in [-0.39, 0.29) is 11.5 Å². The van der Waals surface area contributed by atoms with Gasteiger partial charge in [-0.25, -0.2) is 4.79 Å². The fourth-order valence-electron chi connectivity index (χ4n) is 1.69. The van der Waals surface area contributed by atoms with E-state index in [0.29, 0.717) is 11.3 Å². The Morgan fingerprint density at radius 3 is 2.40 bits per heavy atom. The van der Waals surface area contributed by atoms with Crippen LogP contribution < -0.4 is 5.32 Å². The van der Waals surface area contributed by atoms with E-state index < -0.39 is 5.97 Å². The molecule has 5 heteroatoms. The van der Waals surface area contributed by atoms with Crippen molar-refractivity contribution in [3.63, 3.8) is 0 Å². The predicted molar refractivity (Wildman–Crippen MR) is 75.1 cm³/mol. The quantitative estimate of drug-likeness (QED) is 0.898. The van der Waals surface area contributed by atoms with Crippen LogP contribution in [0.15, 0.2) is 36.5 Å². The Labute approximate surface area is 116 Å². The number of nitrogens with one attached hydrogen (secondary N) is 1. The van der Waals surface area contributed by atoms with Gasteiger partial charge in [-0.15, -0.1) is 0 Å². The van der Waals surface area contributed by atoms with Crippen molar-refractivity contribution in [1.82, 2.24) is 4.98 Å². The predicted octanol–water partition coefficient (Wildman–Crippen LogP) is 2.65. The molecule has 2 aromatic rings. The molecular weight excluding hydrogens is 256 g/mol. The van der Waals surface area contributed by atoms with Crippen LogP contribution >= 0.6 is 0 Å². The first-order chi connectivity index (χ1) is 9.47. The molecule has 0 saturated heterocycles. The van der Waals surface area contributed by atoms with Gasteiger partial charge < -0.3 is 10.4 Å². The molecule has 0 fully saturated rings. The van der Waals surface area contributed by atoms with E-state index in [0.717, 1.165) is 11.3 Å². The van der Waals surface area contributed by atoms with Crippen molar-refractivity contribution in [3.05, 3.63) is 58.9 Å². The molecule has 0 aliphatic carbocycles. The second kappa shape index (κ2) is 5.52. The molecule has 1 aromatic heterocycles. The second-order valence-corrected chi connectivity index (χ2v) is 4.48. The monoisotopic (exact) mass is 270 g/mol. The van der Waals surface area contributed by atoms with E-state index in [1.165, 1.54) is 18.3 Å². The highest BCUT2D eigenvalue weighted by molar-refractivity contribution is 6.05. The third-order valence-electron chi connectivity index (χ3n) is 2.91. The number of anilines is 1. The molecule has 1 heterocycles. The fraction of sp³-hybridized carbons (Fsp3) is 0.133. The van der Waals surface area contributed by atoms with Gasteiger partial charge in [0.15, 0.2) is 0 Å². The number of aromatic nitrogens is 1. The van der Waals surface area contributed by atoms with Crippen LogP contribution in [0, 0.1) is 13.8 Å². The lowest BCUT2D eigenvalue weighted by molar-refractivity contribution is 0.0696. The number of aryl methyl sites for hydroxylation is 2. The van der Waals surface area contributed by atoms with E-state index in [1.807, 2.05) is 6.92 Å². The number of amides is 1. The number of hydrogen-bond donors (Lipinski definition) is 2. The summed E-state index contributed by atoms with van der Waals surface area (Å²) in [6.07, 6.45) is 1.49. The summed E-state index contributed by atoms with van der Waals surface area (Å²) in [5.41, 5.74) is 2.66. The second-order valence-electron chi connectivity index (χ2n) is 4.48. The summed E-state index contributed by atoms with van der Waals surface area (Å²) in [7, 11) is 0. The number of carboxylic acids is 1. The Kier molecular flexibility index (Phi) is 3.79. The molecule has 0 bridgehead atoms. The first-order valence-corrected chi connectivity index (χ1v) is 6.05. The lowest BCUT2D eigenvalue weighted by Crippen LogP contribution is -2.13. The normalized spacial score (nSPS) is 10.1. The Hall–Kier alpha value is -2.69. The van der Waals surface area contributed by atoms with Gasteiger partial charge in [0.2, 0.25) is 0 Å². The van der Waals surface area contributed by atoms with Gasteiger partial charge in [-0.1, -0.05) is 6.07 Å². The average Bonchev–Trinajstić information content (AvgIpc) is 2.41. The van der Waals surface area contributed by atoms with E-state index in [2.05, 4.69) is 10.3 Å². The first kappa shape index (κ1) is 13.7. The number of pyridine rings is 1. The largest absolute Gasteiger partial charge is 0.478 e. The number of hydrogen-bond acceptors (Lipinski definition) is 3. The SMILES string of the molecule is Cc1ccc(C(=O)Nc2cc(C(=O)O)ccc2C)cn1. The number of aromatic carboxylic acids is 1. The van der Waals surface area contributed by atoms with Gasteiger partial charge in [0, 0.05) is 17.6 Å². The number of carboxylic acid groups (broad SMARTS) is 1. The van der Waals surface area contributed by atoms with Gasteiger partial charge in [0.05, 0.1) is 11.1 Å². The summed E-state index contributed by atoms with van der Waals surface area (Å²) in [4.78, 5) is 27.1. The lowest BCUT2D eigenvalue weighted by Gasteiger charge is -2.09. The molecule has 102 valence electrons. The molecular formula is C15H14N2O3. The summed E-state index contributed by atoms with van der Waals surface area (Å²) in [5.74, 6) is -1.35. The van der Waals surface area contributed by atoms with E-state index in [1.54, 1.807) is 25.1 Å². The Bertz CT molecular complexity index is 663. The Morgan fingerprint density at radius 2 is 1.80 bits per heavy atom. The van der Waals surface area contributed by atoms with Crippen LogP contribution in [0.4, 0.5) is 5.69 Å². The minimum atomic E-state index is -1.03. The molecule has 0 spiro atoms. The summed E-state index contributed by atoms with van der Waals surface area (Å²) in [6, 6.07) is 8.02. The van der Waals surface area contributed by atoms with E-state index in [9.17, 15) is 9.59 Å². The number of nitrogens with zero attached hydrogens (tertiary/aromatic N) is 1. The zero-order chi connectivity index (χ0) is 14.7. The third-order valence-corrected chi connectivity index (χ3v) is 2.91. The van der Waals surface area contributed by atoms with Crippen molar-refractivity contribution in [1.29, 1.82) is 0 Å². The van der Waals surface area contributed by atoms with E-state index in [4.69, 9.17) is 5.11 Å². The van der Waals surface area contributed by atoms with Crippen molar-refractivity contribution in [2.24, 2.45) is 0 Å². The summed E-state index contributed by atoms with van der Waals surface area (Å²) >= 11 is 0. The maximum Gasteiger partial charge on any atom is 0.335 e. The molecule has 1 aromatic carbocycles. The smallest absolute Gasteiger partial charge is 0.335 e. The van der Waals surface area contributed by atoms with Gasteiger partial charge in [-0.2, -0.15) is 0 Å². The van der Waals surface area contributed by atoms with Crippen LogP contribution in [-0.4, -0.2) is 22.0 Å². The molecule has 0 aliphatic heterocycles. The van der Waals surface area contributed by atoms with E-state index >= 15 is 0 Å². The number of carbonyl (C=O) groups excluding carboxylic acids is 1. The van der Waals surface area contributed by atoms with Crippen LogP contribution in [0.5, 0.6) is 0 Å². The zero-order valence-corrected chi connectivity index (χ0v) is 11.2. The van der Waals surface area contributed by atoms with Crippen molar-refractivity contribution in [2.75, 3.05) is 5.32 Å². The topological polar surface area (TPSA) is 79.3 Å². The summed E-state index contributed by atoms with van der Waals surface area (Å²) in [5, 5.41) is 11.7. The number of rotatable bonds is 3. The Morgan fingerprint density at radius 1 is 1.10 bits per heavy atom. The average molecular weight is 270 g/mol. The number of carbonyl (C=O) groups is 2. The molecule has 20 heavy (non-hydrogen) atoms. The summed E-state index contributed by atoms with van der Waals surface area (Å²) in [6.45, 7) is 3.64. The highest BCUT2D eigenvalue weighted by atomic mass is 16.4. The molecule has 2 N–H and O–H groups in total. The molecule has 5 nitrogen and oxygen atoms in total. The van der Waals surface area contributed by atoms with Crippen molar-refractivity contribution >= 4 is 17.6 Å². The maximum absolute atomic E-state index is 12.1. The highest BCUT2D eigenvalue weighted by Crippen LogP contribution is 2.18. The van der Waals surface area contributed by atoms with Crippen LogP contribution in [0.3, 0.4) is 0 Å². The van der Waals surface area contributed by atoms with Crippen LogP contribution in [-0.2, 0) is 0 Å². The number of benzene rings is 1. The molecule has 0 saturated carbocycles. The van der Waals surface area contributed by atoms with Crippen LogP contribution in [0.25, 0.3) is 0 Å². The van der Waals surface area contributed by atoms with Crippen molar-refractivity contribution in [3.8, 4) is 0 Å². The zero-order valence-electron chi connectivity index (χ0n) is 11.2. The minimum absolute atomic E-state index is 0.132. The van der Waals surface area contributed by atoms with Gasteiger partial charge in [0.25, 0.3) is 5.91 Å². The maximum atomic E-state index is 12.1. The standard InChI is InChI=1S/C15H14N2O3/c1-9-3-5-11(15(19)20)7-13(9)17-14(18)12-6-4-10(2)16-8-12/h3-8H,1-2H3,(H,17,18)(H,19,20). The molecule has 0 radical (unpaired) electrons. The first-order valence-electron chi connectivity index (χ1n) is 6.05. The minimum Gasteiger partial charge on any atom is -0.478 e. The lowest BCUT2D eigenvalue weighted by atomic mass is 10.1. The van der Waals surface area contributed by atoms with Gasteiger partial charge in [-0.05, 0) is 43.7 Å². The van der Waals surface area contributed by atoms with Gasteiger partial charge in [0.1, 0.15) is 0 Å². The highest BCUT2D eigenvalue weighted by Gasteiger charge is 2.10. The molecule has 0 atom stereocenters.